The van der Waals surface area contributed by atoms with E-state index in [4.69, 9.17) is 4.99 Å². The first-order chi connectivity index (χ1) is 12.2. The molecule has 0 N–H and O–H groups in total. The SMILES string of the molecule is CC(C)N1C[C@@H](c2ccccc2)SC1=Nc1cccc2ccccc12. The predicted molar refractivity (Wildman–Crippen MR) is 110 cm³/mol. The average molecular weight is 346 g/mol. The van der Waals surface area contributed by atoms with Crippen LogP contribution in [-0.2, 0) is 0 Å². The zero-order valence-electron chi connectivity index (χ0n) is 14.6. The Labute approximate surface area is 153 Å². The van der Waals surface area contributed by atoms with E-state index in [1.807, 2.05) is 11.8 Å². The van der Waals surface area contributed by atoms with Gasteiger partial charge in [0.05, 0.1) is 10.9 Å². The van der Waals surface area contributed by atoms with Crippen LogP contribution in [0.15, 0.2) is 77.8 Å². The van der Waals surface area contributed by atoms with Crippen LogP contribution in [0.4, 0.5) is 5.69 Å². The summed E-state index contributed by atoms with van der Waals surface area (Å²) in [5.74, 6) is 0. The minimum Gasteiger partial charge on any atom is -0.347 e. The number of fused-ring (bicyclic) bond motifs is 1. The Morgan fingerprint density at radius 2 is 1.64 bits per heavy atom. The molecule has 1 aliphatic rings. The van der Waals surface area contributed by atoms with Crippen molar-refractivity contribution in [2.24, 2.45) is 4.99 Å². The molecule has 0 radical (unpaired) electrons. The van der Waals surface area contributed by atoms with Crippen LogP contribution >= 0.6 is 11.8 Å². The maximum atomic E-state index is 5.07. The van der Waals surface area contributed by atoms with Crippen LogP contribution in [0.3, 0.4) is 0 Å². The van der Waals surface area contributed by atoms with Crippen molar-refractivity contribution in [3.8, 4) is 0 Å². The van der Waals surface area contributed by atoms with Gasteiger partial charge in [0.2, 0.25) is 0 Å². The van der Waals surface area contributed by atoms with Gasteiger partial charge in [0.15, 0.2) is 5.17 Å². The van der Waals surface area contributed by atoms with E-state index in [1.54, 1.807) is 0 Å². The van der Waals surface area contributed by atoms with Crippen LogP contribution in [-0.4, -0.2) is 22.7 Å². The van der Waals surface area contributed by atoms with E-state index in [2.05, 4.69) is 91.5 Å². The van der Waals surface area contributed by atoms with Gasteiger partial charge in [-0.05, 0) is 30.9 Å². The van der Waals surface area contributed by atoms with Gasteiger partial charge >= 0.3 is 0 Å². The van der Waals surface area contributed by atoms with Gasteiger partial charge in [0.1, 0.15) is 0 Å². The first-order valence-electron chi connectivity index (χ1n) is 8.77. The molecule has 1 heterocycles. The molecule has 1 fully saturated rings. The summed E-state index contributed by atoms with van der Waals surface area (Å²) in [6.45, 7) is 5.50. The Morgan fingerprint density at radius 3 is 2.44 bits per heavy atom. The zero-order chi connectivity index (χ0) is 17.2. The summed E-state index contributed by atoms with van der Waals surface area (Å²) < 4.78 is 0. The van der Waals surface area contributed by atoms with Crippen LogP contribution in [0.25, 0.3) is 10.8 Å². The number of nitrogens with zero attached hydrogens (tertiary/aromatic N) is 2. The van der Waals surface area contributed by atoms with Crippen LogP contribution in [0.5, 0.6) is 0 Å². The highest BCUT2D eigenvalue weighted by atomic mass is 32.2. The Hall–Kier alpha value is -2.26. The van der Waals surface area contributed by atoms with Crippen molar-refractivity contribution in [1.82, 2.24) is 4.90 Å². The van der Waals surface area contributed by atoms with E-state index in [0.717, 1.165) is 17.4 Å². The summed E-state index contributed by atoms with van der Waals surface area (Å²) in [6, 6.07) is 26.0. The third-order valence-corrected chi connectivity index (χ3v) is 5.88. The largest absolute Gasteiger partial charge is 0.347 e. The van der Waals surface area contributed by atoms with Crippen molar-refractivity contribution in [2.75, 3.05) is 6.54 Å². The fourth-order valence-electron chi connectivity index (χ4n) is 3.26. The van der Waals surface area contributed by atoms with E-state index in [1.165, 1.54) is 16.3 Å². The van der Waals surface area contributed by atoms with Crippen molar-refractivity contribution in [3.05, 3.63) is 78.4 Å². The summed E-state index contributed by atoms with van der Waals surface area (Å²) in [6.07, 6.45) is 0. The number of hydrogen-bond donors (Lipinski definition) is 0. The first-order valence-corrected chi connectivity index (χ1v) is 9.65. The molecule has 1 saturated heterocycles. The third-order valence-electron chi connectivity index (χ3n) is 4.63. The van der Waals surface area contributed by atoms with E-state index < -0.39 is 0 Å². The van der Waals surface area contributed by atoms with Crippen molar-refractivity contribution in [2.45, 2.75) is 25.1 Å². The maximum Gasteiger partial charge on any atom is 0.165 e. The Bertz CT molecular complexity index is 897. The Kier molecular flexibility index (Phi) is 4.50. The minimum atomic E-state index is 0.440. The highest BCUT2D eigenvalue weighted by molar-refractivity contribution is 8.14. The molecule has 3 aromatic rings. The van der Waals surface area contributed by atoms with Gasteiger partial charge in [-0.25, -0.2) is 4.99 Å². The molecule has 0 spiro atoms. The normalized spacial score (nSPS) is 19.2. The minimum absolute atomic E-state index is 0.440. The highest BCUT2D eigenvalue weighted by Gasteiger charge is 2.31. The molecular weight excluding hydrogens is 324 g/mol. The number of aliphatic imine (C=N–C) groups is 1. The third kappa shape index (κ3) is 3.29. The molecule has 0 saturated carbocycles. The van der Waals surface area contributed by atoms with Crippen LogP contribution in [0.1, 0.15) is 24.7 Å². The van der Waals surface area contributed by atoms with Gasteiger partial charge in [-0.2, -0.15) is 0 Å². The molecule has 0 amide bonds. The second-order valence-electron chi connectivity index (χ2n) is 6.66. The number of hydrogen-bond acceptors (Lipinski definition) is 2. The Balaban J connectivity index is 1.73. The summed E-state index contributed by atoms with van der Waals surface area (Å²) in [4.78, 5) is 7.49. The van der Waals surface area contributed by atoms with E-state index in [-0.39, 0.29) is 0 Å². The van der Waals surface area contributed by atoms with Gasteiger partial charge in [0.25, 0.3) is 0 Å². The standard InChI is InChI=1S/C22H22N2S/c1-16(2)24-15-21(18-10-4-3-5-11-18)25-22(24)23-20-14-8-12-17-9-6-7-13-19(17)20/h3-14,16,21H,15H2,1-2H3/t21-/m0/s1. The van der Waals surface area contributed by atoms with Crippen molar-refractivity contribution < 1.29 is 0 Å². The summed E-state index contributed by atoms with van der Waals surface area (Å²) in [5, 5.41) is 4.02. The van der Waals surface area contributed by atoms with E-state index in [9.17, 15) is 0 Å². The zero-order valence-corrected chi connectivity index (χ0v) is 15.4. The van der Waals surface area contributed by atoms with E-state index in [0.29, 0.717) is 11.3 Å². The predicted octanol–water partition coefficient (Wildman–Crippen LogP) is 6.03. The Morgan fingerprint density at radius 1 is 0.920 bits per heavy atom. The van der Waals surface area contributed by atoms with Crippen molar-refractivity contribution in [1.29, 1.82) is 0 Å². The maximum absolute atomic E-state index is 5.07. The summed E-state index contributed by atoms with van der Waals surface area (Å²) in [5.41, 5.74) is 2.43. The van der Waals surface area contributed by atoms with Crippen LogP contribution in [0.2, 0.25) is 0 Å². The second kappa shape index (κ2) is 6.93. The molecule has 2 nitrogen and oxygen atoms in total. The monoisotopic (exact) mass is 346 g/mol. The molecule has 0 unspecified atom stereocenters. The van der Waals surface area contributed by atoms with Crippen LogP contribution < -0.4 is 0 Å². The molecule has 3 aromatic carbocycles. The number of benzene rings is 3. The molecule has 25 heavy (non-hydrogen) atoms. The molecule has 0 bridgehead atoms. The number of thioether (sulfide) groups is 1. The smallest absolute Gasteiger partial charge is 0.165 e. The molecule has 3 heteroatoms. The molecule has 4 rings (SSSR count). The summed E-state index contributed by atoms with van der Waals surface area (Å²) in [7, 11) is 0. The number of rotatable bonds is 3. The number of amidine groups is 1. The molecule has 126 valence electrons. The fourth-order valence-corrected chi connectivity index (χ4v) is 4.62. The lowest BCUT2D eigenvalue weighted by Gasteiger charge is -2.22. The highest BCUT2D eigenvalue weighted by Crippen LogP contribution is 2.40. The summed E-state index contributed by atoms with van der Waals surface area (Å²) >= 11 is 1.88. The lowest BCUT2D eigenvalue weighted by atomic mass is 10.1. The second-order valence-corrected chi connectivity index (χ2v) is 7.83. The molecule has 0 aromatic heterocycles. The van der Waals surface area contributed by atoms with Crippen LogP contribution in [0, 0.1) is 0 Å². The van der Waals surface area contributed by atoms with Crippen molar-refractivity contribution >= 4 is 33.4 Å². The lowest BCUT2D eigenvalue weighted by Crippen LogP contribution is -2.31. The quantitative estimate of drug-likeness (QED) is 0.576. The molecule has 1 atom stereocenters. The van der Waals surface area contributed by atoms with Gasteiger partial charge in [-0.15, -0.1) is 0 Å². The first kappa shape index (κ1) is 16.2. The lowest BCUT2D eigenvalue weighted by molar-refractivity contribution is 0.367. The van der Waals surface area contributed by atoms with Gasteiger partial charge in [-0.1, -0.05) is 78.5 Å². The van der Waals surface area contributed by atoms with Gasteiger partial charge in [-0.3, -0.25) is 0 Å². The molecule has 0 aliphatic carbocycles. The molecule has 1 aliphatic heterocycles. The molecular formula is C22H22N2S. The van der Waals surface area contributed by atoms with Gasteiger partial charge in [0, 0.05) is 18.0 Å². The van der Waals surface area contributed by atoms with E-state index >= 15 is 0 Å². The van der Waals surface area contributed by atoms with Crippen molar-refractivity contribution in [3.63, 3.8) is 0 Å². The fraction of sp³-hybridized carbons (Fsp3) is 0.227. The van der Waals surface area contributed by atoms with Gasteiger partial charge < -0.3 is 4.90 Å². The topological polar surface area (TPSA) is 15.6 Å². The average Bonchev–Trinajstić information content (AvgIpc) is 3.07.